The Balaban J connectivity index is 1.61. The summed E-state index contributed by atoms with van der Waals surface area (Å²) in [5, 5.41) is 7.72. The molecule has 4 rings (SSSR count). The van der Waals surface area contributed by atoms with Crippen LogP contribution in [0.3, 0.4) is 0 Å². The van der Waals surface area contributed by atoms with E-state index in [0.29, 0.717) is 12.1 Å². The van der Waals surface area contributed by atoms with Gasteiger partial charge in [-0.05, 0) is 37.8 Å². The minimum Gasteiger partial charge on any atom is -0.351 e. The molecule has 2 heterocycles. The van der Waals surface area contributed by atoms with Crippen LogP contribution in [0.4, 0.5) is 0 Å². The van der Waals surface area contributed by atoms with E-state index in [2.05, 4.69) is 59.6 Å². The van der Waals surface area contributed by atoms with E-state index >= 15 is 0 Å². The summed E-state index contributed by atoms with van der Waals surface area (Å²) in [6.45, 7) is 8.63. The second kappa shape index (κ2) is 8.11. The maximum atomic E-state index is 12.9. The van der Waals surface area contributed by atoms with Gasteiger partial charge in [-0.15, -0.1) is 0 Å². The first-order valence-corrected chi connectivity index (χ1v) is 10.2. The van der Waals surface area contributed by atoms with Crippen molar-refractivity contribution >= 4 is 11.6 Å². The molecule has 0 aliphatic carbocycles. The zero-order valence-corrected chi connectivity index (χ0v) is 17.8. The van der Waals surface area contributed by atoms with Crippen molar-refractivity contribution in [2.24, 2.45) is 0 Å². The molecule has 1 amide bonds. The lowest BCUT2D eigenvalue weighted by Crippen LogP contribution is -2.28. The number of aryl methyl sites for hydroxylation is 3. The summed E-state index contributed by atoms with van der Waals surface area (Å²) in [7, 11) is 0. The Morgan fingerprint density at radius 1 is 1.07 bits per heavy atom. The van der Waals surface area contributed by atoms with Crippen molar-refractivity contribution in [1.82, 2.24) is 19.9 Å². The first-order chi connectivity index (χ1) is 14.5. The molecular formula is C25H26N4O. The summed E-state index contributed by atoms with van der Waals surface area (Å²) in [4.78, 5) is 17.5. The normalized spacial score (nSPS) is 12.1. The predicted molar refractivity (Wildman–Crippen MR) is 120 cm³/mol. The molecule has 4 aromatic rings. The Bertz CT molecular complexity index is 1210. The zero-order valence-electron chi connectivity index (χ0n) is 17.8. The molecule has 0 unspecified atom stereocenters. The molecule has 5 nitrogen and oxygen atoms in total. The fourth-order valence-electron chi connectivity index (χ4n) is 3.80. The van der Waals surface area contributed by atoms with Gasteiger partial charge in [-0.2, -0.15) is 5.10 Å². The third-order valence-corrected chi connectivity index (χ3v) is 5.55. The highest BCUT2D eigenvalue weighted by atomic mass is 16.1. The van der Waals surface area contributed by atoms with Crippen LogP contribution in [-0.4, -0.2) is 27.0 Å². The minimum atomic E-state index is -0.130. The molecule has 0 aliphatic heterocycles. The van der Waals surface area contributed by atoms with E-state index in [1.165, 1.54) is 11.1 Å². The first-order valence-electron chi connectivity index (χ1n) is 10.2. The van der Waals surface area contributed by atoms with Gasteiger partial charge in [0.05, 0.1) is 17.0 Å². The van der Waals surface area contributed by atoms with E-state index in [1.807, 2.05) is 38.1 Å². The van der Waals surface area contributed by atoms with Crippen molar-refractivity contribution in [2.45, 2.75) is 33.6 Å². The number of carbonyl (C=O) groups excluding carboxylic acids is 1. The topological polar surface area (TPSA) is 59.3 Å². The maximum Gasteiger partial charge on any atom is 0.254 e. The van der Waals surface area contributed by atoms with Crippen LogP contribution in [0.5, 0.6) is 0 Å². The van der Waals surface area contributed by atoms with Crippen LogP contribution in [0.25, 0.3) is 16.8 Å². The summed E-state index contributed by atoms with van der Waals surface area (Å²) in [6, 6.07) is 18.5. The Labute approximate surface area is 176 Å². The Morgan fingerprint density at radius 3 is 2.57 bits per heavy atom. The highest BCUT2D eigenvalue weighted by Crippen LogP contribution is 2.28. The largest absolute Gasteiger partial charge is 0.351 e. The number of nitrogens with one attached hydrogen (secondary N) is 1. The van der Waals surface area contributed by atoms with Crippen LogP contribution < -0.4 is 5.32 Å². The summed E-state index contributed by atoms with van der Waals surface area (Å²) in [5.41, 5.74) is 7.47. The van der Waals surface area contributed by atoms with Crippen LogP contribution in [0.15, 0.2) is 60.8 Å². The third kappa shape index (κ3) is 3.71. The number of rotatable bonds is 5. The molecule has 1 atom stereocenters. The molecule has 0 aliphatic rings. The lowest BCUT2D eigenvalue weighted by Gasteiger charge is -2.14. The average Bonchev–Trinajstić information content (AvgIpc) is 3.09. The zero-order chi connectivity index (χ0) is 21.3. The van der Waals surface area contributed by atoms with Gasteiger partial charge in [0.2, 0.25) is 0 Å². The van der Waals surface area contributed by atoms with E-state index in [-0.39, 0.29) is 11.8 Å². The number of carbonyl (C=O) groups is 1. The fourth-order valence-corrected chi connectivity index (χ4v) is 3.80. The Kier molecular flexibility index (Phi) is 5.36. The molecule has 2 aromatic carbocycles. The van der Waals surface area contributed by atoms with Crippen molar-refractivity contribution in [3.63, 3.8) is 0 Å². The molecule has 5 heteroatoms. The predicted octanol–water partition coefficient (Wildman–Crippen LogP) is 4.86. The van der Waals surface area contributed by atoms with Gasteiger partial charge in [-0.1, -0.05) is 67.1 Å². The number of amides is 1. The fraction of sp³-hybridized carbons (Fsp3) is 0.240. The average molecular weight is 399 g/mol. The van der Waals surface area contributed by atoms with E-state index in [0.717, 1.165) is 28.2 Å². The molecule has 30 heavy (non-hydrogen) atoms. The molecule has 1 N–H and O–H groups in total. The van der Waals surface area contributed by atoms with E-state index < -0.39 is 0 Å². The molecule has 0 saturated carbocycles. The monoisotopic (exact) mass is 398 g/mol. The molecule has 0 bridgehead atoms. The number of fused-ring (bicyclic) bond motifs is 1. The number of nitrogens with zero attached hydrogens (tertiary/aromatic N) is 3. The molecular weight excluding hydrogens is 372 g/mol. The van der Waals surface area contributed by atoms with Gasteiger partial charge in [0.25, 0.3) is 5.91 Å². The SMILES string of the molecule is Cc1cccc(-c2c(C)nn3c(C)c(C(=O)NC[C@@H](C)c4ccccc4)cnc23)c1. The number of benzene rings is 2. The van der Waals surface area contributed by atoms with Gasteiger partial charge >= 0.3 is 0 Å². The van der Waals surface area contributed by atoms with Crippen molar-refractivity contribution in [3.05, 3.63) is 88.9 Å². The molecule has 152 valence electrons. The maximum absolute atomic E-state index is 12.9. The summed E-state index contributed by atoms with van der Waals surface area (Å²) < 4.78 is 1.78. The van der Waals surface area contributed by atoms with Gasteiger partial charge in [0.15, 0.2) is 5.65 Å². The lowest BCUT2D eigenvalue weighted by atomic mass is 10.0. The second-order valence-electron chi connectivity index (χ2n) is 7.84. The van der Waals surface area contributed by atoms with Crippen molar-refractivity contribution < 1.29 is 4.79 Å². The first kappa shape index (κ1) is 19.8. The van der Waals surface area contributed by atoms with Gasteiger partial charge in [-0.25, -0.2) is 9.50 Å². The van der Waals surface area contributed by atoms with E-state index in [1.54, 1.807) is 10.7 Å². The summed E-state index contributed by atoms with van der Waals surface area (Å²) >= 11 is 0. The highest BCUT2D eigenvalue weighted by Gasteiger charge is 2.19. The Hall–Kier alpha value is -3.47. The molecule has 2 aromatic heterocycles. The number of hydrogen-bond donors (Lipinski definition) is 1. The quantitative estimate of drug-likeness (QED) is 0.522. The molecule has 0 saturated heterocycles. The van der Waals surface area contributed by atoms with Crippen molar-refractivity contribution in [1.29, 1.82) is 0 Å². The smallest absolute Gasteiger partial charge is 0.254 e. The summed E-state index contributed by atoms with van der Waals surface area (Å²) in [6.07, 6.45) is 1.66. The van der Waals surface area contributed by atoms with Crippen LogP contribution in [0, 0.1) is 20.8 Å². The van der Waals surface area contributed by atoms with Gasteiger partial charge < -0.3 is 5.32 Å². The van der Waals surface area contributed by atoms with Crippen LogP contribution in [0.1, 0.15) is 45.7 Å². The second-order valence-corrected chi connectivity index (χ2v) is 7.84. The Morgan fingerprint density at radius 2 is 1.83 bits per heavy atom. The lowest BCUT2D eigenvalue weighted by molar-refractivity contribution is 0.0950. The highest BCUT2D eigenvalue weighted by molar-refractivity contribution is 5.95. The van der Waals surface area contributed by atoms with Crippen molar-refractivity contribution in [3.8, 4) is 11.1 Å². The minimum absolute atomic E-state index is 0.130. The number of hydrogen-bond acceptors (Lipinski definition) is 3. The van der Waals surface area contributed by atoms with Crippen molar-refractivity contribution in [2.75, 3.05) is 6.54 Å². The van der Waals surface area contributed by atoms with E-state index in [4.69, 9.17) is 0 Å². The summed E-state index contributed by atoms with van der Waals surface area (Å²) in [5.74, 6) is 0.0990. The van der Waals surface area contributed by atoms with Gasteiger partial charge in [-0.3, -0.25) is 4.79 Å². The molecule has 0 radical (unpaired) electrons. The van der Waals surface area contributed by atoms with E-state index in [9.17, 15) is 4.79 Å². The van der Waals surface area contributed by atoms with Crippen LogP contribution in [0.2, 0.25) is 0 Å². The van der Waals surface area contributed by atoms with Crippen LogP contribution >= 0.6 is 0 Å². The number of aromatic nitrogens is 3. The molecule has 0 spiro atoms. The van der Waals surface area contributed by atoms with Gasteiger partial charge in [0.1, 0.15) is 0 Å². The standard InChI is InChI=1S/C25H26N4O/c1-16-9-8-12-21(13-16)23-18(3)28-29-19(4)22(15-26-24(23)29)25(30)27-14-17(2)20-10-6-5-7-11-20/h5-13,15,17H,14H2,1-4H3,(H,27,30)/t17-/m1/s1. The van der Waals surface area contributed by atoms with Crippen LogP contribution in [-0.2, 0) is 0 Å². The molecule has 0 fully saturated rings. The van der Waals surface area contributed by atoms with Gasteiger partial charge in [0, 0.05) is 18.3 Å². The third-order valence-electron chi connectivity index (χ3n) is 5.55.